The molecule has 1 aromatic carbocycles. The number of nitrogens with two attached hydrogens (primary N) is 1. The van der Waals surface area contributed by atoms with E-state index < -0.39 is 6.23 Å². The van der Waals surface area contributed by atoms with Crippen LogP contribution in [0.4, 0.5) is 0 Å². The minimum atomic E-state index is -0.846. The van der Waals surface area contributed by atoms with E-state index in [1.165, 1.54) is 5.56 Å². The Kier molecular flexibility index (Phi) is 2.63. The maximum atomic E-state index is 8.97. The molecule has 3 N–H and O–H groups in total. The summed E-state index contributed by atoms with van der Waals surface area (Å²) >= 11 is 0. The molecule has 60 valence electrons. The van der Waals surface area contributed by atoms with E-state index in [9.17, 15) is 0 Å². The van der Waals surface area contributed by atoms with Crippen molar-refractivity contribution < 1.29 is 5.11 Å². The van der Waals surface area contributed by atoms with Crippen LogP contribution in [0.25, 0.3) is 0 Å². The van der Waals surface area contributed by atoms with Gasteiger partial charge in [0.15, 0.2) is 0 Å². The van der Waals surface area contributed by atoms with Crippen LogP contribution in [0.3, 0.4) is 0 Å². The molecule has 0 radical (unpaired) electrons. The lowest BCUT2D eigenvalue weighted by molar-refractivity contribution is 0.186. The monoisotopic (exact) mass is 151 g/mol. The van der Waals surface area contributed by atoms with Crippen LogP contribution in [-0.2, 0) is 6.42 Å². The van der Waals surface area contributed by atoms with Gasteiger partial charge in [-0.1, -0.05) is 31.2 Å². The summed E-state index contributed by atoms with van der Waals surface area (Å²) in [5, 5.41) is 8.97. The maximum absolute atomic E-state index is 8.97. The first kappa shape index (κ1) is 8.24. The first-order valence-electron chi connectivity index (χ1n) is 3.76. The summed E-state index contributed by atoms with van der Waals surface area (Å²) in [4.78, 5) is 0. The van der Waals surface area contributed by atoms with E-state index >= 15 is 0 Å². The summed E-state index contributed by atoms with van der Waals surface area (Å²) in [7, 11) is 0. The van der Waals surface area contributed by atoms with Crippen molar-refractivity contribution >= 4 is 0 Å². The molecule has 0 spiro atoms. The van der Waals surface area contributed by atoms with Crippen LogP contribution in [0.5, 0.6) is 0 Å². The van der Waals surface area contributed by atoms with Crippen LogP contribution in [0.2, 0.25) is 0 Å². The SMILES string of the molecule is CCc1ccc(C(N)O)cc1. The van der Waals surface area contributed by atoms with Crippen molar-refractivity contribution in [2.45, 2.75) is 19.6 Å². The van der Waals surface area contributed by atoms with Gasteiger partial charge in [0.25, 0.3) is 0 Å². The fourth-order valence-corrected chi connectivity index (χ4v) is 0.951. The second kappa shape index (κ2) is 3.51. The van der Waals surface area contributed by atoms with E-state index in [1.807, 2.05) is 24.3 Å². The summed E-state index contributed by atoms with van der Waals surface area (Å²) in [5.41, 5.74) is 7.29. The second-order valence-corrected chi connectivity index (χ2v) is 2.54. The number of benzene rings is 1. The molecule has 0 amide bonds. The highest BCUT2D eigenvalue weighted by Crippen LogP contribution is 2.09. The van der Waals surface area contributed by atoms with Crippen molar-refractivity contribution in [1.82, 2.24) is 0 Å². The van der Waals surface area contributed by atoms with E-state index in [4.69, 9.17) is 10.8 Å². The molecule has 1 atom stereocenters. The van der Waals surface area contributed by atoms with Crippen LogP contribution in [0.1, 0.15) is 24.3 Å². The Morgan fingerprint density at radius 2 is 1.91 bits per heavy atom. The second-order valence-electron chi connectivity index (χ2n) is 2.54. The number of aliphatic hydroxyl groups excluding tert-OH is 1. The molecule has 11 heavy (non-hydrogen) atoms. The lowest BCUT2D eigenvalue weighted by Crippen LogP contribution is -2.07. The summed E-state index contributed by atoms with van der Waals surface area (Å²) in [6, 6.07) is 7.66. The van der Waals surface area contributed by atoms with Gasteiger partial charge in [0.1, 0.15) is 6.23 Å². The Morgan fingerprint density at radius 3 is 2.27 bits per heavy atom. The van der Waals surface area contributed by atoms with Gasteiger partial charge in [-0.15, -0.1) is 0 Å². The molecule has 0 heterocycles. The quantitative estimate of drug-likeness (QED) is 0.624. The molecule has 0 fully saturated rings. The molecular formula is C9H13NO. The van der Waals surface area contributed by atoms with Gasteiger partial charge in [-0.3, -0.25) is 0 Å². The predicted octanol–water partition coefficient (Wildman–Crippen LogP) is 1.20. The summed E-state index contributed by atoms with van der Waals surface area (Å²) < 4.78 is 0. The fourth-order valence-electron chi connectivity index (χ4n) is 0.951. The molecule has 1 unspecified atom stereocenters. The minimum absolute atomic E-state index is 0.766. The van der Waals surface area contributed by atoms with Crippen molar-refractivity contribution in [3.8, 4) is 0 Å². The van der Waals surface area contributed by atoms with Gasteiger partial charge in [-0.2, -0.15) is 0 Å². The van der Waals surface area contributed by atoms with Gasteiger partial charge in [0, 0.05) is 0 Å². The highest BCUT2D eigenvalue weighted by atomic mass is 16.3. The Hall–Kier alpha value is -0.860. The lowest BCUT2D eigenvalue weighted by Gasteiger charge is -2.04. The van der Waals surface area contributed by atoms with Gasteiger partial charge in [0.2, 0.25) is 0 Å². The largest absolute Gasteiger partial charge is 0.375 e. The lowest BCUT2D eigenvalue weighted by atomic mass is 10.1. The van der Waals surface area contributed by atoms with Crippen LogP contribution >= 0.6 is 0 Å². The number of rotatable bonds is 2. The third-order valence-electron chi connectivity index (χ3n) is 1.73. The average molecular weight is 151 g/mol. The van der Waals surface area contributed by atoms with Crippen LogP contribution in [0, 0.1) is 0 Å². The molecule has 0 aromatic heterocycles. The molecule has 0 saturated heterocycles. The van der Waals surface area contributed by atoms with E-state index in [0.29, 0.717) is 0 Å². The normalized spacial score (nSPS) is 13.0. The molecule has 0 bridgehead atoms. The van der Waals surface area contributed by atoms with Crippen LogP contribution in [-0.4, -0.2) is 5.11 Å². The molecule has 0 aliphatic heterocycles. The Balaban J connectivity index is 2.83. The zero-order valence-corrected chi connectivity index (χ0v) is 6.62. The third-order valence-corrected chi connectivity index (χ3v) is 1.73. The molecule has 2 heteroatoms. The predicted molar refractivity (Wildman–Crippen MR) is 45.0 cm³/mol. The molecular weight excluding hydrogens is 138 g/mol. The highest BCUT2D eigenvalue weighted by molar-refractivity contribution is 5.23. The van der Waals surface area contributed by atoms with Crippen molar-refractivity contribution in [3.05, 3.63) is 35.4 Å². The molecule has 1 rings (SSSR count). The zero-order chi connectivity index (χ0) is 8.27. The maximum Gasteiger partial charge on any atom is 0.128 e. The van der Waals surface area contributed by atoms with E-state index in [2.05, 4.69) is 6.92 Å². The number of aryl methyl sites for hydroxylation is 1. The molecule has 1 aromatic rings. The molecule has 0 aliphatic rings. The Morgan fingerprint density at radius 1 is 1.36 bits per heavy atom. The standard InChI is InChI=1S/C9H13NO/c1-2-7-3-5-8(6-4-7)9(10)11/h3-6,9,11H,2,10H2,1H3. The Labute approximate surface area is 66.7 Å². The van der Waals surface area contributed by atoms with Gasteiger partial charge in [0.05, 0.1) is 0 Å². The summed E-state index contributed by atoms with van der Waals surface area (Å²) in [5.74, 6) is 0. The molecule has 2 nitrogen and oxygen atoms in total. The van der Waals surface area contributed by atoms with Gasteiger partial charge < -0.3 is 10.8 Å². The Bertz CT molecular complexity index is 216. The average Bonchev–Trinajstić information content (AvgIpc) is 2.05. The first-order chi connectivity index (χ1) is 5.24. The smallest absolute Gasteiger partial charge is 0.128 e. The van der Waals surface area contributed by atoms with Crippen molar-refractivity contribution in [1.29, 1.82) is 0 Å². The van der Waals surface area contributed by atoms with Crippen molar-refractivity contribution in [3.63, 3.8) is 0 Å². The van der Waals surface area contributed by atoms with Gasteiger partial charge in [-0.05, 0) is 17.5 Å². The summed E-state index contributed by atoms with van der Waals surface area (Å²) in [6.07, 6.45) is 0.168. The topological polar surface area (TPSA) is 46.2 Å². The zero-order valence-electron chi connectivity index (χ0n) is 6.62. The first-order valence-corrected chi connectivity index (χ1v) is 3.76. The van der Waals surface area contributed by atoms with Gasteiger partial charge in [-0.25, -0.2) is 0 Å². The molecule has 0 saturated carbocycles. The number of hydrogen-bond acceptors (Lipinski definition) is 2. The minimum Gasteiger partial charge on any atom is -0.375 e. The van der Waals surface area contributed by atoms with E-state index in [0.717, 1.165) is 12.0 Å². The fraction of sp³-hybridized carbons (Fsp3) is 0.333. The number of aliphatic hydroxyl groups is 1. The van der Waals surface area contributed by atoms with E-state index in [-0.39, 0.29) is 0 Å². The molecule has 0 aliphatic carbocycles. The highest BCUT2D eigenvalue weighted by Gasteiger charge is 1.98. The van der Waals surface area contributed by atoms with Crippen LogP contribution < -0.4 is 5.73 Å². The summed E-state index contributed by atoms with van der Waals surface area (Å²) in [6.45, 7) is 2.09. The van der Waals surface area contributed by atoms with Gasteiger partial charge >= 0.3 is 0 Å². The van der Waals surface area contributed by atoms with Crippen LogP contribution in [0.15, 0.2) is 24.3 Å². The van der Waals surface area contributed by atoms with E-state index in [1.54, 1.807) is 0 Å². The van der Waals surface area contributed by atoms with Crippen molar-refractivity contribution in [2.24, 2.45) is 5.73 Å². The third kappa shape index (κ3) is 2.03. The van der Waals surface area contributed by atoms with Crippen molar-refractivity contribution in [2.75, 3.05) is 0 Å². The number of hydrogen-bond donors (Lipinski definition) is 2.